The number of carbonyl (C=O) groups excluding carboxylic acids is 1. The molecule has 0 aliphatic carbocycles. The van der Waals surface area contributed by atoms with Crippen molar-refractivity contribution in [2.24, 2.45) is 4.99 Å². The predicted octanol–water partition coefficient (Wildman–Crippen LogP) is 3.53. The van der Waals surface area contributed by atoms with Gasteiger partial charge in [-0.15, -0.1) is 24.0 Å². The van der Waals surface area contributed by atoms with Gasteiger partial charge in [0, 0.05) is 45.2 Å². The van der Waals surface area contributed by atoms with E-state index in [-0.39, 0.29) is 29.9 Å². The largest absolute Gasteiger partial charge is 0.357 e. The van der Waals surface area contributed by atoms with Gasteiger partial charge < -0.3 is 16.0 Å². The highest BCUT2D eigenvalue weighted by Gasteiger charge is 2.20. The van der Waals surface area contributed by atoms with Crippen molar-refractivity contribution in [3.8, 4) is 0 Å². The van der Waals surface area contributed by atoms with Crippen LogP contribution in [0.5, 0.6) is 0 Å². The standard InChI is InChI=1S/C25H35N5O.HI/c1-2-26-25(27-16-13-24(31)28-19-21-9-5-3-6-10-21)29-23-14-17-30(18-15-23)20-22-11-7-4-8-12-22;/h3-12,23H,2,13-20H2,1H3,(H,28,31)(H2,26,27,29);1H. The Morgan fingerprint density at radius 1 is 0.969 bits per heavy atom. The number of benzene rings is 2. The summed E-state index contributed by atoms with van der Waals surface area (Å²) in [5, 5.41) is 9.82. The van der Waals surface area contributed by atoms with E-state index >= 15 is 0 Å². The number of rotatable bonds is 9. The van der Waals surface area contributed by atoms with Gasteiger partial charge in [-0.3, -0.25) is 14.7 Å². The van der Waals surface area contributed by atoms with Gasteiger partial charge in [-0.2, -0.15) is 0 Å². The fraction of sp³-hybridized carbons (Fsp3) is 0.440. The summed E-state index contributed by atoms with van der Waals surface area (Å²) in [6.07, 6.45) is 2.57. The first-order chi connectivity index (χ1) is 15.2. The molecule has 32 heavy (non-hydrogen) atoms. The Balaban J connectivity index is 0.00000363. The lowest BCUT2D eigenvalue weighted by Crippen LogP contribution is -2.48. The van der Waals surface area contributed by atoms with Crippen LogP contribution < -0.4 is 16.0 Å². The highest BCUT2D eigenvalue weighted by molar-refractivity contribution is 14.0. The van der Waals surface area contributed by atoms with Crippen molar-refractivity contribution >= 4 is 35.8 Å². The van der Waals surface area contributed by atoms with Gasteiger partial charge in [0.25, 0.3) is 0 Å². The van der Waals surface area contributed by atoms with E-state index in [9.17, 15) is 4.79 Å². The van der Waals surface area contributed by atoms with Gasteiger partial charge in [0.1, 0.15) is 0 Å². The Morgan fingerprint density at radius 3 is 2.22 bits per heavy atom. The molecule has 0 saturated carbocycles. The van der Waals surface area contributed by atoms with Gasteiger partial charge in [0.2, 0.25) is 5.91 Å². The van der Waals surface area contributed by atoms with Crippen molar-refractivity contribution in [2.75, 3.05) is 26.2 Å². The van der Waals surface area contributed by atoms with Crippen LogP contribution in [0, 0.1) is 0 Å². The third-order valence-electron chi connectivity index (χ3n) is 5.46. The molecule has 174 valence electrons. The van der Waals surface area contributed by atoms with E-state index in [2.05, 4.69) is 63.1 Å². The third-order valence-corrected chi connectivity index (χ3v) is 5.46. The summed E-state index contributed by atoms with van der Waals surface area (Å²) in [6.45, 7) is 7.07. The molecule has 0 spiro atoms. The minimum Gasteiger partial charge on any atom is -0.357 e. The number of halogens is 1. The number of likely N-dealkylation sites (tertiary alicyclic amines) is 1. The molecule has 2 aromatic rings. The van der Waals surface area contributed by atoms with Crippen LogP contribution in [-0.4, -0.2) is 49.0 Å². The Labute approximate surface area is 209 Å². The second-order valence-electron chi connectivity index (χ2n) is 7.95. The van der Waals surface area contributed by atoms with E-state index in [1.807, 2.05) is 30.3 Å². The number of guanidine groups is 1. The van der Waals surface area contributed by atoms with Gasteiger partial charge in [0.05, 0.1) is 6.54 Å². The molecule has 1 aliphatic heterocycles. The van der Waals surface area contributed by atoms with Crippen molar-refractivity contribution < 1.29 is 4.79 Å². The van der Waals surface area contributed by atoms with Gasteiger partial charge in [-0.1, -0.05) is 60.7 Å². The van der Waals surface area contributed by atoms with Crippen LogP contribution in [0.2, 0.25) is 0 Å². The maximum atomic E-state index is 12.1. The Kier molecular flexibility index (Phi) is 12.1. The zero-order valence-corrected chi connectivity index (χ0v) is 21.3. The molecule has 1 heterocycles. The van der Waals surface area contributed by atoms with Crippen molar-refractivity contribution in [3.63, 3.8) is 0 Å². The fourth-order valence-electron chi connectivity index (χ4n) is 3.74. The number of hydrogen-bond acceptors (Lipinski definition) is 3. The number of aliphatic imine (C=N–C) groups is 1. The lowest BCUT2D eigenvalue weighted by molar-refractivity contribution is -0.121. The molecule has 0 bridgehead atoms. The summed E-state index contributed by atoms with van der Waals surface area (Å²) in [4.78, 5) is 19.2. The number of amides is 1. The van der Waals surface area contributed by atoms with Crippen molar-refractivity contribution in [1.29, 1.82) is 0 Å². The number of nitrogens with zero attached hydrogens (tertiary/aromatic N) is 2. The molecular formula is C25H36IN5O. The molecule has 3 rings (SSSR count). The van der Waals surface area contributed by atoms with E-state index in [0.29, 0.717) is 25.6 Å². The zero-order valence-electron chi connectivity index (χ0n) is 18.9. The van der Waals surface area contributed by atoms with Crippen LogP contribution in [-0.2, 0) is 17.9 Å². The van der Waals surface area contributed by atoms with E-state index in [4.69, 9.17) is 0 Å². The summed E-state index contributed by atoms with van der Waals surface area (Å²) in [7, 11) is 0. The molecule has 0 aromatic heterocycles. The highest BCUT2D eigenvalue weighted by Crippen LogP contribution is 2.13. The van der Waals surface area contributed by atoms with Gasteiger partial charge in [-0.05, 0) is 30.9 Å². The minimum atomic E-state index is 0. The smallest absolute Gasteiger partial charge is 0.222 e. The van der Waals surface area contributed by atoms with Crippen LogP contribution in [0.25, 0.3) is 0 Å². The fourth-order valence-corrected chi connectivity index (χ4v) is 3.74. The van der Waals surface area contributed by atoms with Crippen molar-refractivity contribution in [3.05, 3.63) is 71.8 Å². The summed E-state index contributed by atoms with van der Waals surface area (Å²) in [6, 6.07) is 21.0. The second-order valence-corrected chi connectivity index (χ2v) is 7.95. The molecule has 1 fully saturated rings. The topological polar surface area (TPSA) is 68.8 Å². The number of hydrogen-bond donors (Lipinski definition) is 3. The average molecular weight is 550 g/mol. The summed E-state index contributed by atoms with van der Waals surface area (Å²) < 4.78 is 0. The quantitative estimate of drug-likeness (QED) is 0.255. The van der Waals surface area contributed by atoms with Crippen molar-refractivity contribution in [1.82, 2.24) is 20.9 Å². The Morgan fingerprint density at radius 2 is 1.59 bits per heavy atom. The highest BCUT2D eigenvalue weighted by atomic mass is 127. The van der Waals surface area contributed by atoms with E-state index in [1.54, 1.807) is 0 Å². The maximum absolute atomic E-state index is 12.1. The second kappa shape index (κ2) is 14.8. The molecule has 1 saturated heterocycles. The van der Waals surface area contributed by atoms with Gasteiger partial charge >= 0.3 is 0 Å². The lowest BCUT2D eigenvalue weighted by atomic mass is 10.0. The zero-order chi connectivity index (χ0) is 21.7. The summed E-state index contributed by atoms with van der Waals surface area (Å²) in [5.41, 5.74) is 2.47. The Hall–Kier alpha value is -2.13. The first-order valence-corrected chi connectivity index (χ1v) is 11.3. The van der Waals surface area contributed by atoms with Crippen molar-refractivity contribution in [2.45, 2.75) is 45.3 Å². The van der Waals surface area contributed by atoms with Gasteiger partial charge in [0.15, 0.2) is 5.96 Å². The van der Waals surface area contributed by atoms with Crippen LogP contribution >= 0.6 is 24.0 Å². The van der Waals surface area contributed by atoms with Gasteiger partial charge in [-0.25, -0.2) is 0 Å². The van der Waals surface area contributed by atoms with E-state index in [1.165, 1.54) is 5.56 Å². The average Bonchev–Trinajstić information content (AvgIpc) is 2.80. The number of nitrogens with one attached hydrogen (secondary N) is 3. The molecule has 0 unspecified atom stereocenters. The van der Waals surface area contributed by atoms with E-state index in [0.717, 1.165) is 50.5 Å². The molecule has 2 aromatic carbocycles. The minimum absolute atomic E-state index is 0. The third kappa shape index (κ3) is 9.56. The maximum Gasteiger partial charge on any atom is 0.222 e. The summed E-state index contributed by atoms with van der Waals surface area (Å²) >= 11 is 0. The molecule has 3 N–H and O–H groups in total. The van der Waals surface area contributed by atoms with Crippen LogP contribution in [0.1, 0.15) is 37.3 Å². The predicted molar refractivity (Wildman–Crippen MR) is 142 cm³/mol. The monoisotopic (exact) mass is 549 g/mol. The number of piperidine rings is 1. The molecule has 0 radical (unpaired) electrons. The van der Waals surface area contributed by atoms with Crippen LogP contribution in [0.15, 0.2) is 65.7 Å². The summed E-state index contributed by atoms with van der Waals surface area (Å²) in [5.74, 6) is 0.831. The molecule has 7 heteroatoms. The molecular weight excluding hydrogens is 513 g/mol. The molecule has 1 aliphatic rings. The molecule has 6 nitrogen and oxygen atoms in total. The molecule has 0 atom stereocenters. The number of carbonyl (C=O) groups is 1. The first kappa shape index (κ1) is 26.1. The Bertz CT molecular complexity index is 808. The van der Waals surface area contributed by atoms with Crippen LogP contribution in [0.4, 0.5) is 0 Å². The SMILES string of the molecule is CCNC(=NCCC(=O)NCc1ccccc1)NC1CCN(Cc2ccccc2)CC1.I. The van der Waals surface area contributed by atoms with E-state index < -0.39 is 0 Å². The first-order valence-electron chi connectivity index (χ1n) is 11.3. The van der Waals surface area contributed by atoms with Crippen LogP contribution in [0.3, 0.4) is 0 Å². The lowest BCUT2D eigenvalue weighted by Gasteiger charge is -2.33. The normalized spacial score (nSPS) is 15.0. The molecule has 1 amide bonds.